The maximum Gasteiger partial charge on any atom is 0.0809 e. The number of rotatable bonds is 2. The van der Waals surface area contributed by atoms with Gasteiger partial charge in [0.05, 0.1) is 16.7 Å². The van der Waals surface area contributed by atoms with E-state index in [9.17, 15) is 0 Å². The second-order valence-electron chi connectivity index (χ2n) is 7.18. The van der Waals surface area contributed by atoms with Crippen LogP contribution in [0.2, 0.25) is 0 Å². The molecule has 0 unspecified atom stereocenters. The van der Waals surface area contributed by atoms with Crippen LogP contribution in [0.4, 0.5) is 0 Å². The fourth-order valence-corrected chi connectivity index (χ4v) is 4.15. The summed E-state index contributed by atoms with van der Waals surface area (Å²) in [6.45, 7) is 4.37. The Balaban J connectivity index is 1.99. The average molecular weight is 360 g/mol. The lowest BCUT2D eigenvalue weighted by molar-refractivity contribution is 1.34. The molecule has 0 saturated carbocycles. The van der Waals surface area contributed by atoms with Crippen molar-refractivity contribution in [3.63, 3.8) is 0 Å². The Morgan fingerprint density at radius 2 is 1.39 bits per heavy atom. The number of hydrogen-bond acceptors (Lipinski definition) is 2. The second kappa shape index (κ2) is 6.58. The van der Waals surface area contributed by atoms with Crippen LogP contribution in [0.1, 0.15) is 11.1 Å². The number of hydrogen-bond donors (Lipinski definition) is 0. The van der Waals surface area contributed by atoms with Gasteiger partial charge in [-0.05, 0) is 48.7 Å². The number of aryl methyl sites for hydroxylation is 2. The number of aromatic nitrogens is 2. The summed E-state index contributed by atoms with van der Waals surface area (Å²) in [6, 6.07) is 27.3. The summed E-state index contributed by atoms with van der Waals surface area (Å²) in [4.78, 5) is 9.80. The van der Waals surface area contributed by atoms with Crippen molar-refractivity contribution in [2.45, 2.75) is 13.8 Å². The van der Waals surface area contributed by atoms with E-state index < -0.39 is 0 Å². The molecule has 2 heteroatoms. The van der Waals surface area contributed by atoms with Crippen LogP contribution in [-0.2, 0) is 0 Å². The average Bonchev–Trinajstić information content (AvgIpc) is 2.74. The lowest BCUT2D eigenvalue weighted by atomic mass is 9.90. The van der Waals surface area contributed by atoms with Crippen molar-refractivity contribution < 1.29 is 0 Å². The van der Waals surface area contributed by atoms with E-state index in [0.29, 0.717) is 0 Å². The minimum atomic E-state index is 0.992. The Labute approximate surface area is 164 Å². The first-order valence-electron chi connectivity index (χ1n) is 9.53. The van der Waals surface area contributed by atoms with Crippen LogP contribution in [0.3, 0.4) is 0 Å². The van der Waals surface area contributed by atoms with Crippen LogP contribution >= 0.6 is 0 Å². The van der Waals surface area contributed by atoms with Crippen LogP contribution in [0.5, 0.6) is 0 Å². The first-order valence-corrected chi connectivity index (χ1v) is 9.53. The predicted octanol–water partition coefficient (Wildman–Crippen LogP) is 6.73. The highest BCUT2D eigenvalue weighted by atomic mass is 14.7. The molecule has 5 rings (SSSR count). The fourth-order valence-electron chi connectivity index (χ4n) is 4.15. The van der Waals surface area contributed by atoms with Crippen molar-refractivity contribution in [1.29, 1.82) is 0 Å². The summed E-state index contributed by atoms with van der Waals surface area (Å²) in [7, 11) is 0. The van der Waals surface area contributed by atoms with Gasteiger partial charge in [0, 0.05) is 28.1 Å². The summed E-state index contributed by atoms with van der Waals surface area (Å²) in [5.41, 5.74) is 9.04. The van der Waals surface area contributed by atoms with Crippen LogP contribution in [0.15, 0.2) is 85.1 Å². The first-order chi connectivity index (χ1) is 13.7. The molecule has 3 aromatic carbocycles. The normalized spacial score (nSPS) is 11.2. The number of pyridine rings is 2. The summed E-state index contributed by atoms with van der Waals surface area (Å²) in [5.74, 6) is 0. The molecule has 0 amide bonds. The zero-order valence-electron chi connectivity index (χ0n) is 16.0. The highest BCUT2D eigenvalue weighted by molar-refractivity contribution is 6.09. The third kappa shape index (κ3) is 2.57. The van der Waals surface area contributed by atoms with Gasteiger partial charge in [-0.25, -0.2) is 4.98 Å². The third-order valence-corrected chi connectivity index (χ3v) is 5.40. The van der Waals surface area contributed by atoms with E-state index in [1.807, 2.05) is 18.3 Å². The second-order valence-corrected chi connectivity index (χ2v) is 7.18. The molecule has 0 saturated heterocycles. The molecule has 0 aliphatic carbocycles. The quantitative estimate of drug-likeness (QED) is 0.326. The van der Waals surface area contributed by atoms with Crippen molar-refractivity contribution >= 4 is 21.8 Å². The van der Waals surface area contributed by atoms with Crippen LogP contribution < -0.4 is 0 Å². The van der Waals surface area contributed by atoms with Gasteiger partial charge in [0.15, 0.2) is 0 Å². The van der Waals surface area contributed by atoms with Gasteiger partial charge in [-0.2, -0.15) is 0 Å². The number of benzene rings is 3. The van der Waals surface area contributed by atoms with E-state index in [2.05, 4.69) is 85.6 Å². The van der Waals surface area contributed by atoms with Gasteiger partial charge < -0.3 is 0 Å². The lowest BCUT2D eigenvalue weighted by Crippen LogP contribution is -1.98. The molecule has 0 aliphatic heterocycles. The van der Waals surface area contributed by atoms with Gasteiger partial charge in [-0.1, -0.05) is 60.7 Å². The van der Waals surface area contributed by atoms with Gasteiger partial charge in [-0.3, -0.25) is 4.98 Å². The van der Waals surface area contributed by atoms with Crippen LogP contribution in [-0.4, -0.2) is 9.97 Å². The standard InChI is InChI=1S/C26H20N2/c1-17-16-22-21(14-9-15-27-22)26-23(17)18(2)24(19-10-5-3-6-11-19)25(28-26)20-12-7-4-8-13-20/h3-16H,1-2H3. The van der Waals surface area contributed by atoms with Crippen molar-refractivity contribution in [1.82, 2.24) is 9.97 Å². The fraction of sp³-hybridized carbons (Fsp3) is 0.0769. The summed E-state index contributed by atoms with van der Waals surface area (Å²) in [5, 5.41) is 2.32. The number of fused-ring (bicyclic) bond motifs is 3. The first kappa shape index (κ1) is 16.6. The number of nitrogens with zero attached hydrogens (tertiary/aromatic N) is 2. The maximum atomic E-state index is 5.23. The topological polar surface area (TPSA) is 25.8 Å². The molecule has 0 aliphatic rings. The van der Waals surface area contributed by atoms with Crippen molar-refractivity contribution in [2.75, 3.05) is 0 Å². The van der Waals surface area contributed by atoms with E-state index in [1.54, 1.807) is 0 Å². The smallest absolute Gasteiger partial charge is 0.0809 e. The highest BCUT2D eigenvalue weighted by Crippen LogP contribution is 2.39. The molecule has 134 valence electrons. The van der Waals surface area contributed by atoms with E-state index in [1.165, 1.54) is 27.6 Å². The largest absolute Gasteiger partial charge is 0.256 e. The van der Waals surface area contributed by atoms with Crippen LogP contribution in [0.25, 0.3) is 44.2 Å². The minimum absolute atomic E-state index is 0.992. The van der Waals surface area contributed by atoms with Crippen molar-refractivity contribution in [3.8, 4) is 22.4 Å². The molecule has 0 bridgehead atoms. The van der Waals surface area contributed by atoms with Gasteiger partial charge in [0.2, 0.25) is 0 Å². The van der Waals surface area contributed by atoms with Gasteiger partial charge in [0.25, 0.3) is 0 Å². The van der Waals surface area contributed by atoms with E-state index in [0.717, 1.165) is 27.7 Å². The Kier molecular flexibility index (Phi) is 3.91. The third-order valence-electron chi connectivity index (χ3n) is 5.40. The molecule has 0 atom stereocenters. The molecule has 0 radical (unpaired) electrons. The van der Waals surface area contributed by atoms with Gasteiger partial charge >= 0.3 is 0 Å². The summed E-state index contributed by atoms with van der Waals surface area (Å²) < 4.78 is 0. The molecular formula is C26H20N2. The molecule has 0 fully saturated rings. The monoisotopic (exact) mass is 360 g/mol. The van der Waals surface area contributed by atoms with Crippen LogP contribution in [0, 0.1) is 13.8 Å². The summed E-state index contributed by atoms with van der Waals surface area (Å²) in [6.07, 6.45) is 1.84. The minimum Gasteiger partial charge on any atom is -0.256 e. The summed E-state index contributed by atoms with van der Waals surface area (Å²) >= 11 is 0. The molecule has 0 spiro atoms. The van der Waals surface area contributed by atoms with E-state index >= 15 is 0 Å². The lowest BCUT2D eigenvalue weighted by Gasteiger charge is -2.18. The molecule has 2 aromatic heterocycles. The Morgan fingerprint density at radius 1 is 0.714 bits per heavy atom. The molecule has 5 aromatic rings. The SMILES string of the molecule is Cc1cc2ncccc2c2nc(-c3ccccc3)c(-c3ccccc3)c(C)c12. The molecule has 2 heterocycles. The van der Waals surface area contributed by atoms with Gasteiger partial charge in [0.1, 0.15) is 0 Å². The molecule has 0 N–H and O–H groups in total. The maximum absolute atomic E-state index is 5.23. The Hall–Kier alpha value is -3.52. The van der Waals surface area contributed by atoms with Gasteiger partial charge in [-0.15, -0.1) is 0 Å². The van der Waals surface area contributed by atoms with Crippen molar-refractivity contribution in [3.05, 3.63) is 96.2 Å². The van der Waals surface area contributed by atoms with E-state index in [4.69, 9.17) is 4.98 Å². The Bertz CT molecular complexity index is 1310. The Morgan fingerprint density at radius 3 is 2.11 bits per heavy atom. The van der Waals surface area contributed by atoms with E-state index in [-0.39, 0.29) is 0 Å². The highest BCUT2D eigenvalue weighted by Gasteiger charge is 2.18. The molecular weight excluding hydrogens is 340 g/mol. The molecule has 2 nitrogen and oxygen atoms in total. The zero-order valence-corrected chi connectivity index (χ0v) is 16.0. The zero-order chi connectivity index (χ0) is 19.1. The van der Waals surface area contributed by atoms with Crippen molar-refractivity contribution in [2.24, 2.45) is 0 Å². The molecule has 28 heavy (non-hydrogen) atoms. The predicted molar refractivity (Wildman–Crippen MR) is 117 cm³/mol.